The highest BCUT2D eigenvalue weighted by atomic mass is 35.5. The Labute approximate surface area is 139 Å². The summed E-state index contributed by atoms with van der Waals surface area (Å²) < 4.78 is 5.36. The predicted molar refractivity (Wildman–Crippen MR) is 87.0 cm³/mol. The van der Waals surface area contributed by atoms with Crippen LogP contribution in [0.25, 0.3) is 0 Å². The van der Waals surface area contributed by atoms with E-state index in [4.69, 9.17) is 16.1 Å². The average Bonchev–Trinajstić information content (AvgIpc) is 2.95. The van der Waals surface area contributed by atoms with Crippen LogP contribution >= 0.6 is 11.6 Å². The van der Waals surface area contributed by atoms with Crippen LogP contribution in [0, 0.1) is 0 Å². The first kappa shape index (κ1) is 17.2. The van der Waals surface area contributed by atoms with Gasteiger partial charge in [-0.15, -0.1) is 0 Å². The van der Waals surface area contributed by atoms with E-state index >= 15 is 0 Å². The van der Waals surface area contributed by atoms with Crippen molar-refractivity contribution >= 4 is 23.2 Å². The number of anilines is 1. The van der Waals surface area contributed by atoms with E-state index in [9.17, 15) is 4.79 Å². The maximum atomic E-state index is 11.3. The zero-order valence-electron chi connectivity index (χ0n) is 13.6. The number of rotatable bonds is 6. The summed E-state index contributed by atoms with van der Waals surface area (Å²) in [4.78, 5) is 19.7. The van der Waals surface area contributed by atoms with Crippen LogP contribution in [0.15, 0.2) is 22.9 Å². The zero-order chi connectivity index (χ0) is 17.0. The Hall–Kier alpha value is -2.15. The van der Waals surface area contributed by atoms with E-state index < -0.39 is 5.54 Å². The Morgan fingerprint density at radius 2 is 2.22 bits per heavy atom. The molecule has 2 aromatic heterocycles. The van der Waals surface area contributed by atoms with E-state index in [-0.39, 0.29) is 11.9 Å². The molecular formula is C15H20ClN5O2. The number of nitrogens with zero attached hydrogens (tertiary/aromatic N) is 3. The molecule has 124 valence electrons. The van der Waals surface area contributed by atoms with Crippen LogP contribution < -0.4 is 10.6 Å². The minimum atomic E-state index is -0.710. The summed E-state index contributed by atoms with van der Waals surface area (Å²) in [6.45, 7) is 7.07. The van der Waals surface area contributed by atoms with Gasteiger partial charge in [-0.3, -0.25) is 4.79 Å². The maximum absolute atomic E-state index is 11.3. The molecule has 0 aliphatic carbocycles. The minimum absolute atomic E-state index is 0.159. The van der Waals surface area contributed by atoms with Crippen molar-refractivity contribution in [3.8, 4) is 0 Å². The Morgan fingerprint density at radius 3 is 2.83 bits per heavy atom. The number of carbonyl (C=O) groups is 1. The van der Waals surface area contributed by atoms with Crippen molar-refractivity contribution < 1.29 is 9.32 Å². The van der Waals surface area contributed by atoms with Crippen molar-refractivity contribution in [1.82, 2.24) is 20.4 Å². The molecule has 23 heavy (non-hydrogen) atoms. The highest BCUT2D eigenvalue weighted by Gasteiger charge is 2.29. The predicted octanol–water partition coefficient (Wildman–Crippen LogP) is 3.05. The molecule has 0 aliphatic heterocycles. The van der Waals surface area contributed by atoms with Crippen LogP contribution in [-0.4, -0.2) is 21.0 Å². The van der Waals surface area contributed by atoms with Gasteiger partial charge in [0, 0.05) is 13.1 Å². The molecular weight excluding hydrogens is 318 g/mol. The summed E-state index contributed by atoms with van der Waals surface area (Å²) in [5.74, 6) is 0.690. The minimum Gasteiger partial charge on any atom is -0.371 e. The Bertz CT molecular complexity index is 686. The Balaban J connectivity index is 2.20. The molecule has 0 saturated heterocycles. The lowest BCUT2D eigenvalue weighted by molar-refractivity contribution is -0.120. The number of aromatic nitrogens is 3. The van der Waals surface area contributed by atoms with Crippen molar-refractivity contribution in [2.75, 3.05) is 5.32 Å². The van der Waals surface area contributed by atoms with Gasteiger partial charge in [0.05, 0.1) is 11.2 Å². The second kappa shape index (κ2) is 6.95. The summed E-state index contributed by atoms with van der Waals surface area (Å²) in [6.07, 6.45) is 2.34. The second-order valence-electron chi connectivity index (χ2n) is 5.71. The summed E-state index contributed by atoms with van der Waals surface area (Å²) in [5.41, 5.74) is -0.0143. The van der Waals surface area contributed by atoms with Crippen molar-refractivity contribution in [3.05, 3.63) is 35.2 Å². The van der Waals surface area contributed by atoms with Gasteiger partial charge in [-0.1, -0.05) is 23.7 Å². The summed E-state index contributed by atoms with van der Waals surface area (Å²) in [7, 11) is 0. The van der Waals surface area contributed by atoms with E-state index in [1.807, 2.05) is 26.8 Å². The second-order valence-corrected chi connectivity index (χ2v) is 6.07. The van der Waals surface area contributed by atoms with E-state index in [2.05, 4.69) is 25.8 Å². The normalized spacial score (nSPS) is 12.7. The van der Waals surface area contributed by atoms with Gasteiger partial charge in [0.15, 0.2) is 11.0 Å². The van der Waals surface area contributed by atoms with Crippen molar-refractivity contribution in [2.45, 2.75) is 45.7 Å². The molecule has 1 amide bonds. The number of halogens is 1. The Kier molecular flexibility index (Phi) is 5.20. The van der Waals surface area contributed by atoms with Crippen molar-refractivity contribution in [3.63, 3.8) is 0 Å². The zero-order valence-corrected chi connectivity index (χ0v) is 14.3. The molecule has 1 unspecified atom stereocenters. The monoisotopic (exact) mass is 337 g/mol. The highest BCUT2D eigenvalue weighted by Crippen LogP contribution is 2.27. The number of carbonyl (C=O) groups excluding carboxylic acids is 1. The molecule has 2 aromatic rings. The van der Waals surface area contributed by atoms with Crippen LogP contribution in [0.1, 0.15) is 51.9 Å². The molecule has 0 aromatic carbocycles. The number of hydrogen-bond acceptors (Lipinski definition) is 6. The van der Waals surface area contributed by atoms with E-state index in [0.29, 0.717) is 29.0 Å². The molecule has 0 saturated carbocycles. The lowest BCUT2D eigenvalue weighted by Gasteiger charge is -2.21. The van der Waals surface area contributed by atoms with E-state index in [0.717, 1.165) is 0 Å². The van der Waals surface area contributed by atoms with Gasteiger partial charge >= 0.3 is 0 Å². The molecule has 0 aliphatic rings. The topological polar surface area (TPSA) is 92.9 Å². The fourth-order valence-electron chi connectivity index (χ4n) is 2.15. The van der Waals surface area contributed by atoms with Gasteiger partial charge in [0.2, 0.25) is 11.8 Å². The van der Waals surface area contributed by atoms with Crippen LogP contribution in [-0.2, 0) is 10.3 Å². The fourth-order valence-corrected chi connectivity index (χ4v) is 2.32. The fraction of sp³-hybridized carbons (Fsp3) is 0.467. The third-order valence-corrected chi connectivity index (χ3v) is 3.59. The number of nitrogens with one attached hydrogen (secondary N) is 2. The Morgan fingerprint density at radius 1 is 1.48 bits per heavy atom. The van der Waals surface area contributed by atoms with Crippen molar-refractivity contribution in [1.29, 1.82) is 0 Å². The summed E-state index contributed by atoms with van der Waals surface area (Å²) >= 11 is 6.06. The first-order chi connectivity index (χ1) is 10.8. The first-order valence-corrected chi connectivity index (χ1v) is 7.71. The lowest BCUT2D eigenvalue weighted by Crippen LogP contribution is -2.40. The third kappa shape index (κ3) is 4.19. The van der Waals surface area contributed by atoms with Gasteiger partial charge < -0.3 is 15.2 Å². The molecule has 2 rings (SSSR count). The van der Waals surface area contributed by atoms with Crippen LogP contribution in [0.4, 0.5) is 5.69 Å². The largest absolute Gasteiger partial charge is 0.371 e. The average molecular weight is 338 g/mol. The SMILES string of the molecule is CCC(Nc1cccnc1Cl)c1nc(C(C)(C)NC(C)=O)no1. The van der Waals surface area contributed by atoms with Crippen molar-refractivity contribution in [2.24, 2.45) is 0 Å². The van der Waals surface area contributed by atoms with Gasteiger partial charge in [-0.05, 0) is 32.4 Å². The molecule has 0 bridgehead atoms. The molecule has 7 nitrogen and oxygen atoms in total. The maximum Gasteiger partial charge on any atom is 0.249 e. The molecule has 0 radical (unpaired) electrons. The summed E-state index contributed by atoms with van der Waals surface area (Å²) in [5, 5.41) is 10.4. The number of pyridine rings is 1. The van der Waals surface area contributed by atoms with Crippen LogP contribution in [0.3, 0.4) is 0 Å². The standard InChI is InChI=1S/C15H20ClN5O2/c1-5-10(18-11-7-6-8-17-12(11)16)13-19-14(21-23-13)15(3,4)20-9(2)22/h6-8,10,18H,5H2,1-4H3,(H,20,22). The molecule has 8 heteroatoms. The smallest absolute Gasteiger partial charge is 0.249 e. The molecule has 1 atom stereocenters. The van der Waals surface area contributed by atoms with E-state index in [1.165, 1.54) is 6.92 Å². The van der Waals surface area contributed by atoms with Gasteiger partial charge in [0.1, 0.15) is 6.04 Å². The molecule has 2 N–H and O–H groups in total. The van der Waals surface area contributed by atoms with Crippen LogP contribution in [0.5, 0.6) is 0 Å². The van der Waals surface area contributed by atoms with Crippen LogP contribution in [0.2, 0.25) is 5.15 Å². The summed E-state index contributed by atoms with van der Waals surface area (Å²) in [6, 6.07) is 3.42. The number of hydrogen-bond donors (Lipinski definition) is 2. The molecule has 0 fully saturated rings. The quantitative estimate of drug-likeness (QED) is 0.787. The molecule has 2 heterocycles. The van der Waals surface area contributed by atoms with Gasteiger partial charge in [-0.25, -0.2) is 4.98 Å². The van der Waals surface area contributed by atoms with Gasteiger partial charge in [0.25, 0.3) is 0 Å². The van der Waals surface area contributed by atoms with E-state index in [1.54, 1.807) is 12.3 Å². The highest BCUT2D eigenvalue weighted by molar-refractivity contribution is 6.31. The molecule has 0 spiro atoms. The third-order valence-electron chi connectivity index (χ3n) is 3.28. The van der Waals surface area contributed by atoms with Gasteiger partial charge in [-0.2, -0.15) is 4.98 Å². The lowest BCUT2D eigenvalue weighted by atomic mass is 10.1. The number of amides is 1. The first-order valence-electron chi connectivity index (χ1n) is 7.33.